The van der Waals surface area contributed by atoms with Gasteiger partial charge in [-0.3, -0.25) is 4.98 Å². The van der Waals surface area contributed by atoms with E-state index in [1.807, 2.05) is 30.3 Å². The van der Waals surface area contributed by atoms with E-state index in [0.717, 1.165) is 11.6 Å². The molecule has 0 spiro atoms. The topological polar surface area (TPSA) is 63.2 Å². The van der Waals surface area contributed by atoms with Gasteiger partial charge in [0.15, 0.2) is 0 Å². The summed E-state index contributed by atoms with van der Waals surface area (Å²) in [5.74, 6) is -0.798. The number of halogens is 5. The standard InChI is InChI=1S/C29H24ClF4N3O2/c1-19(31)29(33,34)39-25-13-10-21(11-14-25)28(17-20-6-3-2-4-7-20,26-15-12-22(30)18-35-26)37-27(38)36-24-9-5-8-23(32)16-24/h2-16,18-19H,17H2,1H3,(H2,36,37,38). The van der Waals surface area contributed by atoms with Gasteiger partial charge in [-0.15, -0.1) is 0 Å². The smallest absolute Gasteiger partial charge is 0.429 e. The Bertz CT molecular complexity index is 1400. The average Bonchev–Trinajstić information content (AvgIpc) is 2.89. The Balaban J connectivity index is 1.79. The van der Waals surface area contributed by atoms with Crippen LogP contribution in [0.1, 0.15) is 23.7 Å². The first-order chi connectivity index (χ1) is 18.6. The van der Waals surface area contributed by atoms with Gasteiger partial charge >= 0.3 is 12.1 Å². The lowest BCUT2D eigenvalue weighted by Gasteiger charge is -2.35. The fourth-order valence-corrected chi connectivity index (χ4v) is 4.13. The predicted octanol–water partition coefficient (Wildman–Crippen LogP) is 7.51. The van der Waals surface area contributed by atoms with Crippen molar-refractivity contribution in [2.45, 2.75) is 31.2 Å². The van der Waals surface area contributed by atoms with Crippen molar-refractivity contribution in [1.29, 1.82) is 0 Å². The van der Waals surface area contributed by atoms with E-state index in [0.29, 0.717) is 23.2 Å². The summed E-state index contributed by atoms with van der Waals surface area (Å²) in [6.45, 7) is 0.701. The van der Waals surface area contributed by atoms with Crippen LogP contribution in [0.4, 0.5) is 28.0 Å². The van der Waals surface area contributed by atoms with Crippen molar-refractivity contribution < 1.29 is 27.1 Å². The number of anilines is 1. The highest BCUT2D eigenvalue weighted by atomic mass is 35.5. The van der Waals surface area contributed by atoms with Crippen molar-refractivity contribution in [3.63, 3.8) is 0 Å². The Morgan fingerprint density at radius 3 is 2.33 bits per heavy atom. The van der Waals surface area contributed by atoms with E-state index in [-0.39, 0.29) is 17.9 Å². The van der Waals surface area contributed by atoms with Gasteiger partial charge in [-0.05, 0) is 60.5 Å². The molecule has 2 atom stereocenters. The van der Waals surface area contributed by atoms with Crippen LogP contribution in [0, 0.1) is 5.82 Å². The number of aromatic nitrogens is 1. The number of hydrogen-bond acceptors (Lipinski definition) is 3. The molecule has 0 aliphatic carbocycles. The molecule has 0 bridgehead atoms. The summed E-state index contributed by atoms with van der Waals surface area (Å²) in [6.07, 6.45) is -4.94. The molecule has 0 radical (unpaired) electrons. The number of benzene rings is 3. The summed E-state index contributed by atoms with van der Waals surface area (Å²) in [6, 6.07) is 22.7. The van der Waals surface area contributed by atoms with E-state index in [4.69, 9.17) is 11.6 Å². The SMILES string of the molecule is CC(F)C(F)(F)Oc1ccc(C(Cc2ccccc2)(NC(=O)Nc2cccc(F)c2)c2ccc(Cl)cn2)cc1. The minimum absolute atomic E-state index is 0.191. The fraction of sp³-hybridized carbons (Fsp3) is 0.172. The third-order valence-corrected chi connectivity index (χ3v) is 6.17. The zero-order valence-electron chi connectivity index (χ0n) is 20.7. The van der Waals surface area contributed by atoms with E-state index < -0.39 is 29.7 Å². The average molecular weight is 558 g/mol. The Hall–Kier alpha value is -4.11. The molecule has 2 amide bonds. The van der Waals surface area contributed by atoms with E-state index >= 15 is 0 Å². The Kier molecular flexibility index (Phi) is 8.40. The van der Waals surface area contributed by atoms with Crippen LogP contribution in [0.15, 0.2) is 97.2 Å². The molecule has 1 heterocycles. The minimum Gasteiger partial charge on any atom is -0.430 e. The number of nitrogens with one attached hydrogen (secondary N) is 2. The van der Waals surface area contributed by atoms with Crippen LogP contribution >= 0.6 is 11.6 Å². The number of nitrogens with zero attached hydrogens (tertiary/aromatic N) is 1. The normalized spacial score (nSPS) is 13.7. The lowest BCUT2D eigenvalue weighted by Crippen LogP contribution is -2.50. The minimum atomic E-state index is -4.02. The second-order valence-corrected chi connectivity index (χ2v) is 9.26. The first-order valence-corrected chi connectivity index (χ1v) is 12.3. The number of carbonyl (C=O) groups excluding carboxylic acids is 1. The molecule has 4 rings (SSSR count). The van der Waals surface area contributed by atoms with Crippen molar-refractivity contribution in [3.8, 4) is 5.75 Å². The third-order valence-electron chi connectivity index (χ3n) is 5.95. The van der Waals surface area contributed by atoms with E-state index in [1.54, 1.807) is 12.1 Å². The van der Waals surface area contributed by atoms with Crippen molar-refractivity contribution in [2.75, 3.05) is 5.32 Å². The summed E-state index contributed by atoms with van der Waals surface area (Å²) in [7, 11) is 0. The van der Waals surface area contributed by atoms with Crippen LogP contribution in [0.5, 0.6) is 5.75 Å². The maximum atomic E-state index is 13.9. The van der Waals surface area contributed by atoms with Crippen LogP contribution in [-0.4, -0.2) is 23.3 Å². The van der Waals surface area contributed by atoms with Crippen molar-refractivity contribution in [2.24, 2.45) is 0 Å². The van der Waals surface area contributed by atoms with Gasteiger partial charge in [0.05, 0.1) is 10.7 Å². The van der Waals surface area contributed by atoms with Crippen molar-refractivity contribution in [3.05, 3.63) is 125 Å². The zero-order valence-corrected chi connectivity index (χ0v) is 21.4. The number of carbonyl (C=O) groups is 1. The molecule has 2 unspecified atom stereocenters. The van der Waals surface area contributed by atoms with Gasteiger partial charge in [0.25, 0.3) is 0 Å². The highest BCUT2D eigenvalue weighted by Gasteiger charge is 2.41. The Morgan fingerprint density at radius 1 is 1.00 bits per heavy atom. The molecule has 0 saturated carbocycles. The lowest BCUT2D eigenvalue weighted by atomic mass is 9.80. The molecular weight excluding hydrogens is 534 g/mol. The molecule has 2 N–H and O–H groups in total. The van der Waals surface area contributed by atoms with E-state index in [9.17, 15) is 22.4 Å². The molecule has 1 aromatic heterocycles. The number of pyridine rings is 1. The summed E-state index contributed by atoms with van der Waals surface area (Å²) >= 11 is 6.09. The molecule has 0 saturated heterocycles. The second kappa shape index (κ2) is 11.7. The number of rotatable bonds is 9. The molecule has 0 aliphatic rings. The summed E-state index contributed by atoms with van der Waals surface area (Å²) < 4.78 is 59.3. The lowest BCUT2D eigenvalue weighted by molar-refractivity contribution is -0.215. The van der Waals surface area contributed by atoms with Gasteiger partial charge < -0.3 is 15.4 Å². The largest absolute Gasteiger partial charge is 0.430 e. The molecule has 10 heteroatoms. The van der Waals surface area contributed by atoms with Gasteiger partial charge in [-0.1, -0.05) is 60.1 Å². The number of ether oxygens (including phenoxy) is 1. The highest BCUT2D eigenvalue weighted by molar-refractivity contribution is 6.30. The van der Waals surface area contributed by atoms with Gasteiger partial charge in [-0.25, -0.2) is 13.6 Å². The number of urea groups is 1. The highest BCUT2D eigenvalue weighted by Crippen LogP contribution is 2.35. The van der Waals surface area contributed by atoms with Gasteiger partial charge in [0, 0.05) is 18.3 Å². The molecule has 3 aromatic carbocycles. The number of amides is 2. The monoisotopic (exact) mass is 557 g/mol. The molecule has 39 heavy (non-hydrogen) atoms. The van der Waals surface area contributed by atoms with Gasteiger partial charge in [0.2, 0.25) is 6.17 Å². The van der Waals surface area contributed by atoms with Crippen LogP contribution < -0.4 is 15.4 Å². The quantitative estimate of drug-likeness (QED) is 0.209. The molecule has 202 valence electrons. The molecule has 0 aliphatic heterocycles. The molecular formula is C29H24ClF4N3O2. The maximum absolute atomic E-state index is 13.9. The predicted molar refractivity (Wildman–Crippen MR) is 141 cm³/mol. The Morgan fingerprint density at radius 2 is 1.72 bits per heavy atom. The first-order valence-electron chi connectivity index (χ1n) is 11.9. The Labute approximate surface area is 227 Å². The third kappa shape index (κ3) is 6.86. The number of hydrogen-bond donors (Lipinski definition) is 2. The summed E-state index contributed by atoms with van der Waals surface area (Å²) in [4.78, 5) is 17.8. The van der Waals surface area contributed by atoms with Crippen LogP contribution in [0.25, 0.3) is 0 Å². The van der Waals surface area contributed by atoms with E-state index in [1.165, 1.54) is 48.7 Å². The first kappa shape index (κ1) is 27.9. The summed E-state index contributed by atoms with van der Waals surface area (Å²) in [5.41, 5.74) is 0.536. The van der Waals surface area contributed by atoms with Gasteiger partial charge in [-0.2, -0.15) is 8.78 Å². The van der Waals surface area contributed by atoms with Crippen molar-refractivity contribution >= 4 is 23.3 Å². The van der Waals surface area contributed by atoms with Crippen LogP contribution in [0.3, 0.4) is 0 Å². The van der Waals surface area contributed by atoms with Gasteiger partial charge in [0.1, 0.15) is 17.1 Å². The van der Waals surface area contributed by atoms with Crippen LogP contribution in [-0.2, 0) is 12.0 Å². The zero-order chi connectivity index (χ0) is 28.0. The summed E-state index contributed by atoms with van der Waals surface area (Å²) in [5, 5.41) is 5.94. The molecule has 0 fully saturated rings. The maximum Gasteiger partial charge on any atom is 0.429 e. The van der Waals surface area contributed by atoms with Crippen molar-refractivity contribution in [1.82, 2.24) is 10.3 Å². The fourth-order valence-electron chi connectivity index (χ4n) is 4.02. The number of alkyl halides is 3. The second-order valence-electron chi connectivity index (χ2n) is 8.82. The van der Waals surface area contributed by atoms with E-state index in [2.05, 4.69) is 20.4 Å². The molecule has 4 aromatic rings. The molecule has 5 nitrogen and oxygen atoms in total. The van der Waals surface area contributed by atoms with Crippen LogP contribution in [0.2, 0.25) is 5.02 Å².